The van der Waals surface area contributed by atoms with E-state index in [1.54, 1.807) is 30.6 Å². The maximum Gasteiger partial charge on any atom is 0.251 e. The van der Waals surface area contributed by atoms with Crippen LogP contribution in [0.2, 0.25) is 5.02 Å². The average molecular weight is 447 g/mol. The second-order valence-corrected chi connectivity index (χ2v) is 8.17. The van der Waals surface area contributed by atoms with Crippen LogP contribution in [0, 0.1) is 13.8 Å². The van der Waals surface area contributed by atoms with Crippen molar-refractivity contribution >= 4 is 39.9 Å². The van der Waals surface area contributed by atoms with Gasteiger partial charge in [0.15, 0.2) is 0 Å². The van der Waals surface area contributed by atoms with E-state index in [1.165, 1.54) is 0 Å². The Labute approximate surface area is 190 Å². The van der Waals surface area contributed by atoms with Gasteiger partial charge in [-0.3, -0.25) is 14.8 Å². The van der Waals surface area contributed by atoms with Gasteiger partial charge in [0.1, 0.15) is 5.82 Å². The minimum atomic E-state index is -0.182. The molecule has 4 rings (SSSR count). The first-order valence-electron chi connectivity index (χ1n) is 10.1. The van der Waals surface area contributed by atoms with Gasteiger partial charge in [-0.15, -0.1) is 0 Å². The average Bonchev–Trinajstić information content (AvgIpc) is 2.72. The second kappa shape index (κ2) is 8.80. The van der Waals surface area contributed by atoms with E-state index in [2.05, 4.69) is 20.3 Å². The van der Waals surface area contributed by atoms with Gasteiger partial charge in [0.25, 0.3) is 5.91 Å². The predicted octanol–water partition coefficient (Wildman–Crippen LogP) is 3.98. The molecule has 3 aromatic heterocycles. The maximum atomic E-state index is 12.8. The number of nitrogens with one attached hydrogen (secondary N) is 1. The number of nitrogens with two attached hydrogens (primary N) is 2. The fraction of sp³-hybridized carbons (Fsp3) is 0.167. The normalized spacial score (nSPS) is 11.0. The molecule has 7 nitrogen and oxygen atoms in total. The third-order valence-corrected chi connectivity index (χ3v) is 5.51. The Hall–Kier alpha value is -3.71. The van der Waals surface area contributed by atoms with Crippen LogP contribution < -0.4 is 16.8 Å². The van der Waals surface area contributed by atoms with E-state index in [9.17, 15) is 4.79 Å². The van der Waals surface area contributed by atoms with Crippen molar-refractivity contribution in [3.05, 3.63) is 87.5 Å². The molecule has 8 heteroatoms. The van der Waals surface area contributed by atoms with Crippen molar-refractivity contribution < 1.29 is 4.79 Å². The molecule has 0 saturated heterocycles. The van der Waals surface area contributed by atoms with Crippen LogP contribution in [0.4, 0.5) is 11.5 Å². The molecule has 0 aliphatic rings. The summed E-state index contributed by atoms with van der Waals surface area (Å²) in [6, 6.07) is 11.0. The molecule has 0 spiro atoms. The van der Waals surface area contributed by atoms with Crippen molar-refractivity contribution in [2.75, 3.05) is 11.5 Å². The number of aryl methyl sites for hydroxylation is 2. The zero-order chi connectivity index (χ0) is 22.8. The molecule has 0 saturated carbocycles. The summed E-state index contributed by atoms with van der Waals surface area (Å²) < 4.78 is 0. The molecule has 0 unspecified atom stereocenters. The van der Waals surface area contributed by atoms with Crippen LogP contribution >= 0.6 is 11.6 Å². The highest BCUT2D eigenvalue weighted by molar-refractivity contribution is 6.31. The highest BCUT2D eigenvalue weighted by Gasteiger charge is 2.11. The Balaban J connectivity index is 1.51. The van der Waals surface area contributed by atoms with Gasteiger partial charge in [-0.25, -0.2) is 4.98 Å². The van der Waals surface area contributed by atoms with E-state index in [4.69, 9.17) is 23.1 Å². The monoisotopic (exact) mass is 446 g/mol. The van der Waals surface area contributed by atoms with Crippen molar-refractivity contribution in [2.24, 2.45) is 0 Å². The Morgan fingerprint density at radius 2 is 1.91 bits per heavy atom. The number of anilines is 2. The standard InChI is InChI=1S/C24H23ClN6O/c1-13-5-22(27)31-14(2)20(13)12-30-24(32)16-3-4-28-19(10-16)7-15-6-17-9-18(25)11-29-23(17)21(26)8-15/h3-6,8-11H,7,12,26H2,1-2H3,(H2,27,31)(H,30,32). The molecule has 32 heavy (non-hydrogen) atoms. The van der Waals surface area contributed by atoms with Crippen molar-refractivity contribution in [1.82, 2.24) is 20.3 Å². The van der Waals surface area contributed by atoms with E-state index >= 15 is 0 Å². The van der Waals surface area contributed by atoms with E-state index in [1.807, 2.05) is 32.0 Å². The van der Waals surface area contributed by atoms with Gasteiger partial charge in [-0.05, 0) is 66.9 Å². The minimum Gasteiger partial charge on any atom is -0.397 e. The van der Waals surface area contributed by atoms with Gasteiger partial charge < -0.3 is 16.8 Å². The van der Waals surface area contributed by atoms with Gasteiger partial charge in [-0.2, -0.15) is 0 Å². The largest absolute Gasteiger partial charge is 0.397 e. The number of nitrogens with zero attached hydrogens (tertiary/aromatic N) is 3. The van der Waals surface area contributed by atoms with E-state index in [0.29, 0.717) is 40.6 Å². The van der Waals surface area contributed by atoms with Gasteiger partial charge >= 0.3 is 0 Å². The van der Waals surface area contributed by atoms with Gasteiger partial charge in [0.05, 0.1) is 16.2 Å². The van der Waals surface area contributed by atoms with Gasteiger partial charge in [-0.1, -0.05) is 11.6 Å². The minimum absolute atomic E-state index is 0.182. The van der Waals surface area contributed by atoms with E-state index in [-0.39, 0.29) is 5.91 Å². The second-order valence-electron chi connectivity index (χ2n) is 7.73. The van der Waals surface area contributed by atoms with Crippen molar-refractivity contribution in [1.29, 1.82) is 0 Å². The summed E-state index contributed by atoms with van der Waals surface area (Å²) in [5.74, 6) is 0.291. The number of carbonyl (C=O) groups excluding carboxylic acids is 1. The van der Waals surface area contributed by atoms with Crippen LogP contribution in [0.15, 0.2) is 48.8 Å². The summed E-state index contributed by atoms with van der Waals surface area (Å²) in [6.07, 6.45) is 3.73. The van der Waals surface area contributed by atoms with Gasteiger partial charge in [0, 0.05) is 47.7 Å². The SMILES string of the molecule is Cc1cc(N)nc(C)c1CNC(=O)c1ccnc(Cc2cc(N)c3ncc(Cl)cc3c2)c1. The topological polar surface area (TPSA) is 120 Å². The van der Waals surface area contributed by atoms with Crippen molar-refractivity contribution in [3.63, 3.8) is 0 Å². The van der Waals surface area contributed by atoms with Crippen molar-refractivity contribution in [3.8, 4) is 0 Å². The summed E-state index contributed by atoms with van der Waals surface area (Å²) in [6.45, 7) is 4.21. The lowest BCUT2D eigenvalue weighted by molar-refractivity contribution is 0.0950. The third-order valence-electron chi connectivity index (χ3n) is 5.30. The molecular formula is C24H23ClN6O. The Bertz CT molecular complexity index is 1310. The molecule has 0 aliphatic heterocycles. The smallest absolute Gasteiger partial charge is 0.251 e. The number of fused-ring (bicyclic) bond motifs is 1. The van der Waals surface area contributed by atoms with Crippen molar-refractivity contribution in [2.45, 2.75) is 26.8 Å². The number of benzene rings is 1. The quantitative estimate of drug-likeness (QED) is 0.399. The van der Waals surface area contributed by atoms with Crippen LogP contribution in [0.1, 0.15) is 38.4 Å². The molecule has 0 fully saturated rings. The Kier molecular flexibility index (Phi) is 5.92. The fourth-order valence-electron chi connectivity index (χ4n) is 3.77. The number of pyridine rings is 3. The first-order chi connectivity index (χ1) is 15.3. The van der Waals surface area contributed by atoms with Gasteiger partial charge in [0.2, 0.25) is 0 Å². The number of amides is 1. The molecule has 1 amide bonds. The first-order valence-corrected chi connectivity index (χ1v) is 10.5. The number of hydrogen-bond donors (Lipinski definition) is 3. The Morgan fingerprint density at radius 1 is 1.09 bits per heavy atom. The number of rotatable bonds is 5. The van der Waals surface area contributed by atoms with Crippen LogP contribution in [-0.2, 0) is 13.0 Å². The van der Waals surface area contributed by atoms with Crippen LogP contribution in [0.3, 0.4) is 0 Å². The summed E-state index contributed by atoms with van der Waals surface area (Å²) >= 11 is 6.07. The Morgan fingerprint density at radius 3 is 2.69 bits per heavy atom. The molecule has 3 heterocycles. The predicted molar refractivity (Wildman–Crippen MR) is 128 cm³/mol. The number of nitrogen functional groups attached to an aromatic ring is 2. The zero-order valence-corrected chi connectivity index (χ0v) is 18.6. The number of carbonyl (C=O) groups is 1. The lowest BCUT2D eigenvalue weighted by atomic mass is 10.0. The molecule has 0 bridgehead atoms. The van der Waals surface area contributed by atoms with Crippen LogP contribution in [-0.4, -0.2) is 20.9 Å². The number of aromatic nitrogens is 3. The maximum absolute atomic E-state index is 12.8. The molecular weight excluding hydrogens is 424 g/mol. The fourth-order valence-corrected chi connectivity index (χ4v) is 3.94. The zero-order valence-electron chi connectivity index (χ0n) is 17.8. The van der Waals surface area contributed by atoms with E-state index in [0.717, 1.165) is 33.5 Å². The third kappa shape index (κ3) is 4.63. The van der Waals surface area contributed by atoms with Crippen LogP contribution in [0.25, 0.3) is 10.9 Å². The summed E-state index contributed by atoms with van der Waals surface area (Å²) in [4.78, 5) is 25.7. The summed E-state index contributed by atoms with van der Waals surface area (Å²) in [5.41, 5.74) is 18.2. The molecule has 0 atom stereocenters. The lowest BCUT2D eigenvalue weighted by Crippen LogP contribution is -2.24. The summed E-state index contributed by atoms with van der Waals surface area (Å²) in [7, 11) is 0. The number of halogens is 1. The molecule has 162 valence electrons. The molecule has 4 aromatic rings. The van der Waals surface area contributed by atoms with E-state index < -0.39 is 0 Å². The molecule has 1 aromatic carbocycles. The molecule has 0 aliphatic carbocycles. The van der Waals surface area contributed by atoms with Crippen LogP contribution in [0.5, 0.6) is 0 Å². The lowest BCUT2D eigenvalue weighted by Gasteiger charge is -2.12. The summed E-state index contributed by atoms with van der Waals surface area (Å²) in [5, 5.41) is 4.37. The highest BCUT2D eigenvalue weighted by Crippen LogP contribution is 2.25. The molecule has 0 radical (unpaired) electrons. The highest BCUT2D eigenvalue weighted by atomic mass is 35.5. The number of hydrogen-bond acceptors (Lipinski definition) is 6. The first kappa shape index (κ1) is 21.5. The molecule has 5 N–H and O–H groups in total.